The van der Waals surface area contributed by atoms with Crippen LogP contribution in [0.25, 0.3) is 0 Å². The summed E-state index contributed by atoms with van der Waals surface area (Å²) in [6.45, 7) is 3.54. The lowest BCUT2D eigenvalue weighted by atomic mass is 10.4. The van der Waals surface area contributed by atoms with Crippen molar-refractivity contribution in [1.29, 1.82) is 0 Å². The van der Waals surface area contributed by atoms with E-state index in [1.54, 1.807) is 14.0 Å². The number of nitrogens with two attached hydrogens (primary N) is 1. The number of rotatable bonds is 8. The molecule has 0 saturated heterocycles. The molecule has 0 aromatic rings. The van der Waals surface area contributed by atoms with Gasteiger partial charge in [-0.05, 0) is 13.3 Å². The second kappa shape index (κ2) is 8.93. The van der Waals surface area contributed by atoms with E-state index in [9.17, 15) is 4.79 Å². The largest absolute Gasteiger partial charge is 0.462 e. The first-order chi connectivity index (χ1) is 6.68. The summed E-state index contributed by atoms with van der Waals surface area (Å²) >= 11 is 0. The number of ether oxygens (including phenoxy) is 3. The van der Waals surface area contributed by atoms with Crippen molar-refractivity contribution >= 4 is 5.97 Å². The highest BCUT2D eigenvalue weighted by Crippen LogP contribution is 1.87. The second-order valence-corrected chi connectivity index (χ2v) is 2.91. The van der Waals surface area contributed by atoms with E-state index in [4.69, 9.17) is 19.9 Å². The van der Waals surface area contributed by atoms with Crippen LogP contribution in [0.5, 0.6) is 0 Å². The van der Waals surface area contributed by atoms with Crippen LogP contribution in [0.4, 0.5) is 0 Å². The van der Waals surface area contributed by atoms with Crippen molar-refractivity contribution in [1.82, 2.24) is 0 Å². The van der Waals surface area contributed by atoms with Crippen LogP contribution in [0.2, 0.25) is 0 Å². The van der Waals surface area contributed by atoms with E-state index < -0.39 is 12.0 Å². The van der Waals surface area contributed by atoms with Crippen molar-refractivity contribution in [3.63, 3.8) is 0 Å². The molecular weight excluding hydrogens is 186 g/mol. The molecule has 0 rings (SSSR count). The molecule has 0 amide bonds. The number of esters is 1. The lowest BCUT2D eigenvalue weighted by Crippen LogP contribution is -2.29. The highest BCUT2D eigenvalue weighted by molar-refractivity contribution is 5.74. The van der Waals surface area contributed by atoms with Crippen LogP contribution in [0.15, 0.2) is 0 Å². The maximum absolute atomic E-state index is 10.9. The fourth-order valence-electron chi connectivity index (χ4n) is 0.740. The van der Waals surface area contributed by atoms with Gasteiger partial charge in [0.2, 0.25) is 0 Å². The standard InChI is InChI=1S/C9H19NO4/c1-8(10)9(11)14-7-6-13-5-3-4-12-2/h8H,3-7,10H2,1-2H3/t8-/m0/s1. The van der Waals surface area contributed by atoms with Gasteiger partial charge in [0, 0.05) is 20.3 Å². The topological polar surface area (TPSA) is 70.8 Å². The predicted octanol–water partition coefficient (Wildman–Crippen LogP) is -0.0701. The van der Waals surface area contributed by atoms with Gasteiger partial charge < -0.3 is 19.9 Å². The normalized spacial score (nSPS) is 12.5. The minimum absolute atomic E-state index is 0.257. The van der Waals surface area contributed by atoms with Gasteiger partial charge in [-0.2, -0.15) is 0 Å². The van der Waals surface area contributed by atoms with E-state index in [1.165, 1.54) is 0 Å². The minimum atomic E-state index is -0.566. The molecule has 0 aliphatic carbocycles. The average Bonchev–Trinajstić information content (AvgIpc) is 2.16. The molecule has 5 heteroatoms. The zero-order valence-electron chi connectivity index (χ0n) is 8.82. The Bertz CT molecular complexity index is 150. The van der Waals surface area contributed by atoms with Gasteiger partial charge in [0.1, 0.15) is 12.6 Å². The molecule has 0 radical (unpaired) electrons. The fraction of sp³-hybridized carbons (Fsp3) is 0.889. The molecule has 1 atom stereocenters. The smallest absolute Gasteiger partial charge is 0.322 e. The molecule has 2 N–H and O–H groups in total. The highest BCUT2D eigenvalue weighted by Gasteiger charge is 2.07. The number of methoxy groups -OCH3 is 1. The van der Waals surface area contributed by atoms with E-state index >= 15 is 0 Å². The van der Waals surface area contributed by atoms with E-state index in [-0.39, 0.29) is 6.61 Å². The van der Waals surface area contributed by atoms with E-state index in [0.29, 0.717) is 19.8 Å². The SMILES string of the molecule is COCCCOCCOC(=O)[C@H](C)N. The Labute approximate surface area is 84.5 Å². The predicted molar refractivity (Wildman–Crippen MR) is 51.9 cm³/mol. The summed E-state index contributed by atoms with van der Waals surface area (Å²) in [5.41, 5.74) is 5.28. The van der Waals surface area contributed by atoms with Gasteiger partial charge in [-0.25, -0.2) is 0 Å². The van der Waals surface area contributed by atoms with Crippen molar-refractivity contribution in [2.75, 3.05) is 33.5 Å². The monoisotopic (exact) mass is 205 g/mol. The summed E-state index contributed by atoms with van der Waals surface area (Å²) in [6.07, 6.45) is 0.845. The summed E-state index contributed by atoms with van der Waals surface area (Å²) in [5, 5.41) is 0. The van der Waals surface area contributed by atoms with Gasteiger partial charge >= 0.3 is 5.97 Å². The molecule has 0 heterocycles. The van der Waals surface area contributed by atoms with Crippen molar-refractivity contribution in [3.05, 3.63) is 0 Å². The average molecular weight is 205 g/mol. The van der Waals surface area contributed by atoms with Crippen LogP contribution in [0, 0.1) is 0 Å². The number of carbonyl (C=O) groups excluding carboxylic acids is 1. The molecule has 14 heavy (non-hydrogen) atoms. The molecule has 5 nitrogen and oxygen atoms in total. The van der Waals surface area contributed by atoms with Crippen LogP contribution in [-0.4, -0.2) is 45.5 Å². The fourth-order valence-corrected chi connectivity index (χ4v) is 0.740. The summed E-state index contributed by atoms with van der Waals surface area (Å²) in [7, 11) is 1.64. The van der Waals surface area contributed by atoms with Gasteiger partial charge in [-0.1, -0.05) is 0 Å². The quantitative estimate of drug-likeness (QED) is 0.443. The third-order valence-electron chi connectivity index (χ3n) is 1.48. The van der Waals surface area contributed by atoms with E-state index in [2.05, 4.69) is 0 Å². The van der Waals surface area contributed by atoms with Crippen LogP contribution in [-0.2, 0) is 19.0 Å². The van der Waals surface area contributed by atoms with Crippen LogP contribution >= 0.6 is 0 Å². The summed E-state index contributed by atoms with van der Waals surface area (Å²) in [6, 6.07) is -0.566. The maximum Gasteiger partial charge on any atom is 0.322 e. The Morgan fingerprint density at radius 2 is 2.00 bits per heavy atom. The maximum atomic E-state index is 10.9. The van der Waals surface area contributed by atoms with Crippen LogP contribution in [0.3, 0.4) is 0 Å². The summed E-state index contributed by atoms with van der Waals surface area (Å²) in [5.74, 6) is -0.398. The lowest BCUT2D eigenvalue weighted by molar-refractivity contribution is -0.146. The number of carbonyl (C=O) groups is 1. The van der Waals surface area contributed by atoms with E-state index in [0.717, 1.165) is 6.42 Å². The van der Waals surface area contributed by atoms with Gasteiger partial charge in [0.05, 0.1) is 6.61 Å². The third kappa shape index (κ3) is 7.97. The number of hydrogen-bond donors (Lipinski definition) is 1. The highest BCUT2D eigenvalue weighted by atomic mass is 16.6. The Balaban J connectivity index is 3.10. The molecule has 0 aromatic carbocycles. The van der Waals surface area contributed by atoms with Gasteiger partial charge in [0.25, 0.3) is 0 Å². The minimum Gasteiger partial charge on any atom is -0.462 e. The molecule has 0 bridgehead atoms. The summed E-state index contributed by atoms with van der Waals surface area (Å²) < 4.78 is 14.8. The lowest BCUT2D eigenvalue weighted by Gasteiger charge is -2.07. The molecule has 0 aliphatic rings. The van der Waals surface area contributed by atoms with E-state index in [1.807, 2.05) is 0 Å². The zero-order chi connectivity index (χ0) is 10.8. The molecule has 0 fully saturated rings. The first kappa shape index (κ1) is 13.4. The Kier molecular flexibility index (Phi) is 8.51. The van der Waals surface area contributed by atoms with Crippen molar-refractivity contribution in [2.45, 2.75) is 19.4 Å². The van der Waals surface area contributed by atoms with Crippen molar-refractivity contribution < 1.29 is 19.0 Å². The second-order valence-electron chi connectivity index (χ2n) is 2.91. The molecule has 0 spiro atoms. The zero-order valence-corrected chi connectivity index (χ0v) is 8.82. The molecule has 84 valence electrons. The Morgan fingerprint density at radius 3 is 2.57 bits per heavy atom. The Hall–Kier alpha value is -0.650. The van der Waals surface area contributed by atoms with Gasteiger partial charge in [-0.15, -0.1) is 0 Å². The van der Waals surface area contributed by atoms with Crippen molar-refractivity contribution in [3.8, 4) is 0 Å². The molecule has 0 saturated carbocycles. The van der Waals surface area contributed by atoms with Crippen LogP contribution in [0.1, 0.15) is 13.3 Å². The first-order valence-corrected chi connectivity index (χ1v) is 4.67. The Morgan fingerprint density at radius 1 is 1.29 bits per heavy atom. The molecule has 0 aromatic heterocycles. The molecule has 0 aliphatic heterocycles. The van der Waals surface area contributed by atoms with Gasteiger partial charge in [-0.3, -0.25) is 4.79 Å². The third-order valence-corrected chi connectivity index (χ3v) is 1.48. The molecular formula is C9H19NO4. The molecule has 0 unspecified atom stereocenters. The summed E-state index contributed by atoms with van der Waals surface area (Å²) in [4.78, 5) is 10.9. The first-order valence-electron chi connectivity index (χ1n) is 4.67. The van der Waals surface area contributed by atoms with Crippen LogP contribution < -0.4 is 5.73 Å². The number of hydrogen-bond acceptors (Lipinski definition) is 5. The van der Waals surface area contributed by atoms with Crippen molar-refractivity contribution in [2.24, 2.45) is 5.73 Å². The van der Waals surface area contributed by atoms with Gasteiger partial charge in [0.15, 0.2) is 0 Å².